The number of anilines is 1. The SMILES string of the molecule is CCCCN(C(=O)OC)c1ccc2c(c1)C(Cc1c[nH]cn1)CCO2. The molecule has 2 aromatic rings. The summed E-state index contributed by atoms with van der Waals surface area (Å²) in [4.78, 5) is 21.2. The van der Waals surface area contributed by atoms with Crippen LogP contribution in [0.25, 0.3) is 0 Å². The number of rotatable bonds is 6. The number of nitrogens with zero attached hydrogens (tertiary/aromatic N) is 2. The summed E-state index contributed by atoms with van der Waals surface area (Å²) in [5.74, 6) is 1.23. The van der Waals surface area contributed by atoms with Crippen molar-refractivity contribution in [2.45, 2.75) is 38.5 Å². The quantitative estimate of drug-likeness (QED) is 0.864. The third-order valence-corrected chi connectivity index (χ3v) is 4.61. The molecule has 0 fully saturated rings. The second-order valence-electron chi connectivity index (χ2n) is 6.30. The fraction of sp³-hybridized carbons (Fsp3) is 0.474. The summed E-state index contributed by atoms with van der Waals surface area (Å²) in [7, 11) is 1.42. The van der Waals surface area contributed by atoms with E-state index in [4.69, 9.17) is 9.47 Å². The Bertz CT molecular complexity index is 700. The van der Waals surface area contributed by atoms with Gasteiger partial charge in [0.2, 0.25) is 0 Å². The molecule has 0 saturated heterocycles. The van der Waals surface area contributed by atoms with Gasteiger partial charge in [0.1, 0.15) is 5.75 Å². The highest BCUT2D eigenvalue weighted by atomic mass is 16.5. The van der Waals surface area contributed by atoms with Crippen LogP contribution in [0.5, 0.6) is 5.75 Å². The van der Waals surface area contributed by atoms with Gasteiger partial charge in [-0.05, 0) is 48.9 Å². The number of aromatic nitrogens is 2. The Balaban J connectivity index is 1.88. The van der Waals surface area contributed by atoms with Crippen LogP contribution in [0.2, 0.25) is 0 Å². The minimum atomic E-state index is -0.325. The topological polar surface area (TPSA) is 67.5 Å². The molecule has 1 atom stereocenters. The molecule has 6 heteroatoms. The number of methoxy groups -OCH3 is 1. The lowest BCUT2D eigenvalue weighted by atomic mass is 9.89. The van der Waals surface area contributed by atoms with Gasteiger partial charge in [-0.15, -0.1) is 0 Å². The summed E-state index contributed by atoms with van der Waals surface area (Å²) < 4.78 is 10.8. The predicted octanol–water partition coefficient (Wildman–Crippen LogP) is 3.89. The number of fused-ring (bicyclic) bond motifs is 1. The minimum absolute atomic E-state index is 0.325. The molecule has 6 nitrogen and oxygen atoms in total. The predicted molar refractivity (Wildman–Crippen MR) is 96.2 cm³/mol. The van der Waals surface area contributed by atoms with Gasteiger partial charge in [-0.25, -0.2) is 9.78 Å². The number of hydrogen-bond donors (Lipinski definition) is 1. The summed E-state index contributed by atoms with van der Waals surface area (Å²) in [5, 5.41) is 0. The van der Waals surface area contributed by atoms with Crippen LogP contribution in [-0.4, -0.2) is 36.3 Å². The number of unbranched alkanes of at least 4 members (excludes halogenated alkanes) is 1. The molecule has 25 heavy (non-hydrogen) atoms. The molecule has 1 N–H and O–H groups in total. The average Bonchev–Trinajstić information content (AvgIpc) is 3.15. The molecule has 1 aliphatic rings. The summed E-state index contributed by atoms with van der Waals surface area (Å²) >= 11 is 0. The van der Waals surface area contributed by atoms with E-state index < -0.39 is 0 Å². The standard InChI is InChI=1S/C19H25N3O3/c1-3-4-8-22(19(23)24-2)16-5-6-18-17(11-16)14(7-9-25-18)10-15-12-20-13-21-15/h5-6,11-14H,3-4,7-10H2,1-2H3,(H,20,21). The highest BCUT2D eigenvalue weighted by molar-refractivity contribution is 5.87. The maximum absolute atomic E-state index is 12.2. The number of H-pyrrole nitrogens is 1. The van der Waals surface area contributed by atoms with E-state index in [0.717, 1.165) is 48.4 Å². The Morgan fingerprint density at radius 3 is 3.08 bits per heavy atom. The van der Waals surface area contributed by atoms with Crippen molar-refractivity contribution in [2.24, 2.45) is 0 Å². The number of benzene rings is 1. The van der Waals surface area contributed by atoms with Crippen molar-refractivity contribution < 1.29 is 14.3 Å². The monoisotopic (exact) mass is 343 g/mol. The fourth-order valence-corrected chi connectivity index (χ4v) is 3.24. The molecule has 1 unspecified atom stereocenters. The van der Waals surface area contributed by atoms with Crippen molar-refractivity contribution in [1.82, 2.24) is 9.97 Å². The van der Waals surface area contributed by atoms with Crippen molar-refractivity contribution in [2.75, 3.05) is 25.2 Å². The largest absolute Gasteiger partial charge is 0.493 e. The first-order chi connectivity index (χ1) is 12.2. The van der Waals surface area contributed by atoms with Gasteiger partial charge in [0.25, 0.3) is 0 Å². The second kappa shape index (κ2) is 8.05. The van der Waals surface area contributed by atoms with Gasteiger partial charge < -0.3 is 14.5 Å². The molecule has 3 rings (SSSR count). The Kier molecular flexibility index (Phi) is 5.58. The van der Waals surface area contributed by atoms with E-state index in [2.05, 4.69) is 23.0 Å². The fourth-order valence-electron chi connectivity index (χ4n) is 3.24. The Hall–Kier alpha value is -2.50. The van der Waals surface area contributed by atoms with Crippen LogP contribution in [-0.2, 0) is 11.2 Å². The Morgan fingerprint density at radius 1 is 1.48 bits per heavy atom. The lowest BCUT2D eigenvalue weighted by Gasteiger charge is -2.28. The molecule has 2 heterocycles. The number of aromatic amines is 1. The zero-order chi connectivity index (χ0) is 17.6. The van der Waals surface area contributed by atoms with Crippen LogP contribution in [0.15, 0.2) is 30.7 Å². The molecule has 0 spiro atoms. The molecule has 0 saturated carbocycles. The van der Waals surface area contributed by atoms with E-state index in [1.165, 1.54) is 7.11 Å². The van der Waals surface area contributed by atoms with Gasteiger partial charge in [-0.1, -0.05) is 13.3 Å². The summed E-state index contributed by atoms with van der Waals surface area (Å²) in [6, 6.07) is 5.96. The number of nitrogens with one attached hydrogen (secondary N) is 1. The molecular formula is C19H25N3O3. The van der Waals surface area contributed by atoms with E-state index in [-0.39, 0.29) is 6.09 Å². The maximum atomic E-state index is 12.2. The Labute approximate surface area is 148 Å². The number of carbonyl (C=O) groups is 1. The van der Waals surface area contributed by atoms with Crippen molar-refractivity contribution in [3.63, 3.8) is 0 Å². The van der Waals surface area contributed by atoms with Gasteiger partial charge in [0, 0.05) is 18.4 Å². The van der Waals surface area contributed by atoms with E-state index >= 15 is 0 Å². The van der Waals surface area contributed by atoms with Crippen LogP contribution in [0.4, 0.5) is 10.5 Å². The van der Waals surface area contributed by atoms with Gasteiger partial charge in [0.15, 0.2) is 0 Å². The van der Waals surface area contributed by atoms with Crippen LogP contribution >= 0.6 is 0 Å². The van der Waals surface area contributed by atoms with E-state index in [0.29, 0.717) is 19.1 Å². The first-order valence-corrected chi connectivity index (χ1v) is 8.82. The van der Waals surface area contributed by atoms with Crippen LogP contribution < -0.4 is 9.64 Å². The number of imidazole rings is 1. The zero-order valence-corrected chi connectivity index (χ0v) is 14.8. The maximum Gasteiger partial charge on any atom is 0.413 e. The Morgan fingerprint density at radius 2 is 2.36 bits per heavy atom. The number of amides is 1. The smallest absolute Gasteiger partial charge is 0.413 e. The molecule has 1 aromatic carbocycles. The molecule has 1 aromatic heterocycles. The molecular weight excluding hydrogens is 318 g/mol. The van der Waals surface area contributed by atoms with E-state index in [1.807, 2.05) is 18.3 Å². The van der Waals surface area contributed by atoms with Crippen molar-refractivity contribution in [3.8, 4) is 5.75 Å². The van der Waals surface area contributed by atoms with Gasteiger partial charge in [-0.2, -0.15) is 0 Å². The summed E-state index contributed by atoms with van der Waals surface area (Å²) in [6.45, 7) is 3.46. The average molecular weight is 343 g/mol. The third kappa shape index (κ3) is 3.95. The van der Waals surface area contributed by atoms with Gasteiger partial charge in [0.05, 0.1) is 25.7 Å². The van der Waals surface area contributed by atoms with Crippen LogP contribution in [0, 0.1) is 0 Å². The lowest BCUT2D eigenvalue weighted by Crippen LogP contribution is -2.32. The molecule has 1 amide bonds. The van der Waals surface area contributed by atoms with Crippen LogP contribution in [0.3, 0.4) is 0 Å². The number of ether oxygens (including phenoxy) is 2. The zero-order valence-electron chi connectivity index (χ0n) is 14.8. The highest BCUT2D eigenvalue weighted by Crippen LogP contribution is 2.38. The van der Waals surface area contributed by atoms with Crippen molar-refractivity contribution in [1.29, 1.82) is 0 Å². The van der Waals surface area contributed by atoms with E-state index in [1.54, 1.807) is 11.2 Å². The van der Waals surface area contributed by atoms with Crippen LogP contribution in [0.1, 0.15) is 43.4 Å². The molecule has 0 aliphatic carbocycles. The number of hydrogen-bond acceptors (Lipinski definition) is 4. The molecule has 0 radical (unpaired) electrons. The summed E-state index contributed by atoms with van der Waals surface area (Å²) in [6.07, 6.45) is 7.06. The van der Waals surface area contributed by atoms with Gasteiger partial charge in [-0.3, -0.25) is 4.90 Å². The minimum Gasteiger partial charge on any atom is -0.493 e. The summed E-state index contributed by atoms with van der Waals surface area (Å²) in [5.41, 5.74) is 3.03. The molecule has 1 aliphatic heterocycles. The van der Waals surface area contributed by atoms with Crippen molar-refractivity contribution in [3.05, 3.63) is 42.0 Å². The number of carbonyl (C=O) groups excluding carboxylic acids is 1. The third-order valence-electron chi connectivity index (χ3n) is 4.61. The highest BCUT2D eigenvalue weighted by Gasteiger charge is 2.25. The normalized spacial score (nSPS) is 16.0. The van der Waals surface area contributed by atoms with Crippen molar-refractivity contribution >= 4 is 11.8 Å². The first kappa shape index (κ1) is 17.3. The van der Waals surface area contributed by atoms with E-state index in [9.17, 15) is 4.79 Å². The molecule has 134 valence electrons. The second-order valence-corrected chi connectivity index (χ2v) is 6.30. The first-order valence-electron chi connectivity index (χ1n) is 8.82. The molecule has 0 bridgehead atoms. The van der Waals surface area contributed by atoms with Gasteiger partial charge >= 0.3 is 6.09 Å². The lowest BCUT2D eigenvalue weighted by molar-refractivity contribution is 0.178.